The molecular formula is C14H20BrNS. The fraction of sp³-hybridized carbons (Fsp3) is 0.571. The van der Waals surface area contributed by atoms with Gasteiger partial charge in [-0.25, -0.2) is 0 Å². The summed E-state index contributed by atoms with van der Waals surface area (Å²) < 4.78 is 1.15. The van der Waals surface area contributed by atoms with Gasteiger partial charge < -0.3 is 5.32 Å². The van der Waals surface area contributed by atoms with Gasteiger partial charge in [0, 0.05) is 22.3 Å². The summed E-state index contributed by atoms with van der Waals surface area (Å²) >= 11 is 5.50. The molecule has 1 aliphatic carbocycles. The van der Waals surface area contributed by atoms with Crippen LogP contribution in [0.1, 0.15) is 31.2 Å². The average Bonchev–Trinajstić information content (AvgIpc) is 2.39. The van der Waals surface area contributed by atoms with Crippen molar-refractivity contribution in [3.63, 3.8) is 0 Å². The van der Waals surface area contributed by atoms with Crippen molar-refractivity contribution < 1.29 is 0 Å². The molecule has 1 nitrogen and oxygen atoms in total. The molecule has 94 valence electrons. The lowest BCUT2D eigenvalue weighted by Crippen LogP contribution is -2.33. The molecule has 0 aliphatic heterocycles. The molecule has 0 amide bonds. The van der Waals surface area contributed by atoms with Crippen molar-refractivity contribution in [2.75, 3.05) is 6.26 Å². The Labute approximate surface area is 117 Å². The first-order chi connectivity index (χ1) is 8.28. The molecule has 1 aromatic rings. The smallest absolute Gasteiger partial charge is 0.0208 e. The molecule has 0 spiro atoms. The van der Waals surface area contributed by atoms with Crippen LogP contribution in [0.3, 0.4) is 0 Å². The van der Waals surface area contributed by atoms with Crippen LogP contribution in [0.25, 0.3) is 0 Å². The Morgan fingerprint density at radius 2 is 1.82 bits per heavy atom. The van der Waals surface area contributed by atoms with E-state index in [1.165, 1.54) is 31.2 Å². The molecule has 0 radical (unpaired) electrons. The second-order valence-corrected chi connectivity index (χ2v) is 6.77. The van der Waals surface area contributed by atoms with Gasteiger partial charge in [0.1, 0.15) is 0 Å². The monoisotopic (exact) mass is 313 g/mol. The zero-order chi connectivity index (χ0) is 12.1. The molecule has 0 unspecified atom stereocenters. The van der Waals surface area contributed by atoms with Crippen molar-refractivity contribution in [1.29, 1.82) is 0 Å². The van der Waals surface area contributed by atoms with Gasteiger partial charge in [-0.2, -0.15) is 11.8 Å². The van der Waals surface area contributed by atoms with E-state index in [2.05, 4.69) is 51.8 Å². The molecule has 0 heterocycles. The summed E-state index contributed by atoms with van der Waals surface area (Å²) in [5.74, 6) is 0. The predicted molar refractivity (Wildman–Crippen MR) is 80.5 cm³/mol. The van der Waals surface area contributed by atoms with Crippen LogP contribution in [0.15, 0.2) is 28.7 Å². The molecule has 0 bridgehead atoms. The van der Waals surface area contributed by atoms with E-state index in [1.807, 2.05) is 11.8 Å². The zero-order valence-corrected chi connectivity index (χ0v) is 12.7. The first kappa shape index (κ1) is 13.4. The Morgan fingerprint density at radius 1 is 1.18 bits per heavy atom. The van der Waals surface area contributed by atoms with E-state index < -0.39 is 0 Å². The first-order valence-electron chi connectivity index (χ1n) is 6.28. The van der Waals surface area contributed by atoms with Gasteiger partial charge in [0.2, 0.25) is 0 Å². The highest BCUT2D eigenvalue weighted by molar-refractivity contribution is 9.10. The number of benzene rings is 1. The third-order valence-electron chi connectivity index (χ3n) is 3.52. The fourth-order valence-electron chi connectivity index (χ4n) is 2.37. The SMILES string of the molecule is CSC1CCC(NCc2ccc(Br)cc2)CC1. The summed E-state index contributed by atoms with van der Waals surface area (Å²) in [6, 6.07) is 9.32. The van der Waals surface area contributed by atoms with Gasteiger partial charge in [-0.15, -0.1) is 0 Å². The molecule has 1 aliphatic rings. The van der Waals surface area contributed by atoms with Crippen molar-refractivity contribution in [1.82, 2.24) is 5.32 Å². The molecule has 1 saturated carbocycles. The minimum Gasteiger partial charge on any atom is -0.310 e. The highest BCUT2D eigenvalue weighted by Crippen LogP contribution is 2.26. The fourth-order valence-corrected chi connectivity index (χ4v) is 3.38. The Morgan fingerprint density at radius 3 is 2.41 bits per heavy atom. The largest absolute Gasteiger partial charge is 0.310 e. The lowest BCUT2D eigenvalue weighted by molar-refractivity contribution is 0.379. The number of hydrogen-bond acceptors (Lipinski definition) is 2. The van der Waals surface area contributed by atoms with Crippen LogP contribution in [0, 0.1) is 0 Å². The third kappa shape index (κ3) is 4.31. The van der Waals surface area contributed by atoms with E-state index >= 15 is 0 Å². The molecule has 0 atom stereocenters. The molecule has 2 rings (SSSR count). The molecule has 1 aromatic carbocycles. The molecule has 1 N–H and O–H groups in total. The Kier molecular flexibility index (Phi) is 5.39. The Bertz CT molecular complexity index is 331. The normalized spacial score (nSPS) is 24.8. The molecule has 3 heteroatoms. The zero-order valence-electron chi connectivity index (χ0n) is 10.3. The van der Waals surface area contributed by atoms with E-state index in [4.69, 9.17) is 0 Å². The van der Waals surface area contributed by atoms with Crippen LogP contribution in [0.4, 0.5) is 0 Å². The summed E-state index contributed by atoms with van der Waals surface area (Å²) in [6.07, 6.45) is 7.66. The van der Waals surface area contributed by atoms with Crippen LogP contribution in [-0.2, 0) is 6.54 Å². The molecular weight excluding hydrogens is 294 g/mol. The average molecular weight is 314 g/mol. The summed E-state index contributed by atoms with van der Waals surface area (Å²) in [7, 11) is 0. The quantitative estimate of drug-likeness (QED) is 0.893. The van der Waals surface area contributed by atoms with Crippen molar-refractivity contribution in [2.24, 2.45) is 0 Å². The maximum Gasteiger partial charge on any atom is 0.0208 e. The number of hydrogen-bond donors (Lipinski definition) is 1. The van der Waals surface area contributed by atoms with Gasteiger partial charge >= 0.3 is 0 Å². The number of nitrogens with one attached hydrogen (secondary N) is 1. The van der Waals surface area contributed by atoms with Crippen molar-refractivity contribution in [2.45, 2.75) is 43.5 Å². The van der Waals surface area contributed by atoms with Gasteiger partial charge in [0.05, 0.1) is 0 Å². The van der Waals surface area contributed by atoms with E-state index in [-0.39, 0.29) is 0 Å². The molecule has 0 aromatic heterocycles. The van der Waals surface area contributed by atoms with Crippen LogP contribution in [0.2, 0.25) is 0 Å². The standard InChI is InChI=1S/C14H20BrNS/c1-17-14-8-6-13(7-9-14)16-10-11-2-4-12(15)5-3-11/h2-5,13-14,16H,6-10H2,1H3. The maximum atomic E-state index is 3.68. The van der Waals surface area contributed by atoms with E-state index in [1.54, 1.807) is 0 Å². The Hall–Kier alpha value is 0.01000. The second kappa shape index (κ2) is 6.81. The van der Waals surface area contributed by atoms with Crippen LogP contribution in [0.5, 0.6) is 0 Å². The second-order valence-electron chi connectivity index (χ2n) is 4.72. The lowest BCUT2D eigenvalue weighted by Gasteiger charge is -2.28. The number of thioether (sulfide) groups is 1. The van der Waals surface area contributed by atoms with E-state index in [9.17, 15) is 0 Å². The van der Waals surface area contributed by atoms with Gasteiger partial charge in [-0.05, 0) is 49.6 Å². The van der Waals surface area contributed by atoms with Gasteiger partial charge in [0.15, 0.2) is 0 Å². The third-order valence-corrected chi connectivity index (χ3v) is 5.18. The van der Waals surface area contributed by atoms with Crippen molar-refractivity contribution in [3.8, 4) is 0 Å². The van der Waals surface area contributed by atoms with Crippen LogP contribution >= 0.6 is 27.7 Å². The van der Waals surface area contributed by atoms with Gasteiger partial charge in [-0.3, -0.25) is 0 Å². The lowest BCUT2D eigenvalue weighted by atomic mass is 9.95. The molecule has 17 heavy (non-hydrogen) atoms. The highest BCUT2D eigenvalue weighted by atomic mass is 79.9. The predicted octanol–water partition coefficient (Wildman–Crippen LogP) is 4.21. The number of rotatable bonds is 4. The first-order valence-corrected chi connectivity index (χ1v) is 8.36. The maximum absolute atomic E-state index is 3.68. The minimum absolute atomic E-state index is 0.724. The van der Waals surface area contributed by atoms with Crippen molar-refractivity contribution >= 4 is 27.7 Å². The van der Waals surface area contributed by atoms with E-state index in [0.717, 1.165) is 22.3 Å². The minimum atomic E-state index is 0.724. The highest BCUT2D eigenvalue weighted by Gasteiger charge is 2.19. The number of halogens is 1. The van der Waals surface area contributed by atoms with Crippen LogP contribution < -0.4 is 5.32 Å². The van der Waals surface area contributed by atoms with Crippen LogP contribution in [-0.4, -0.2) is 17.5 Å². The summed E-state index contributed by atoms with van der Waals surface area (Å²) in [5, 5.41) is 4.58. The van der Waals surface area contributed by atoms with Gasteiger partial charge in [-0.1, -0.05) is 28.1 Å². The van der Waals surface area contributed by atoms with Crippen molar-refractivity contribution in [3.05, 3.63) is 34.3 Å². The topological polar surface area (TPSA) is 12.0 Å². The molecule has 0 saturated heterocycles. The summed E-state index contributed by atoms with van der Waals surface area (Å²) in [6.45, 7) is 1.00. The Balaban J connectivity index is 1.74. The van der Waals surface area contributed by atoms with E-state index in [0.29, 0.717) is 0 Å². The van der Waals surface area contributed by atoms with Gasteiger partial charge in [0.25, 0.3) is 0 Å². The summed E-state index contributed by atoms with van der Waals surface area (Å²) in [4.78, 5) is 0. The molecule has 1 fully saturated rings. The summed E-state index contributed by atoms with van der Waals surface area (Å²) in [5.41, 5.74) is 1.38.